The normalized spacial score (nSPS) is 15.8. The number of pyridine rings is 1. The lowest BCUT2D eigenvalue weighted by Crippen LogP contribution is -2.46. The third kappa shape index (κ3) is 2.74. The van der Waals surface area contributed by atoms with Gasteiger partial charge in [0.15, 0.2) is 0 Å². The van der Waals surface area contributed by atoms with Gasteiger partial charge < -0.3 is 15.1 Å². The Hall–Kier alpha value is -1.62. The molecule has 17 heavy (non-hydrogen) atoms. The molecule has 2 rings (SSSR count). The van der Waals surface area contributed by atoms with Crippen molar-refractivity contribution < 1.29 is 4.79 Å². The number of nitrogens with zero attached hydrogens (tertiary/aromatic N) is 3. The lowest BCUT2D eigenvalue weighted by Gasteiger charge is -2.27. The topological polar surface area (TPSA) is 48.5 Å². The maximum absolute atomic E-state index is 12.2. The number of carbonyl (C=O) groups is 1. The second kappa shape index (κ2) is 5.14. The molecule has 1 aromatic heterocycles. The fraction of sp³-hybridized carbons (Fsp3) is 0.500. The standard InChI is InChI=1S/C12H18N4O/c1-15(2)10-3-4-14-11(9-10)12(17)16-7-5-13-6-8-16/h3-4,9,13H,5-8H2,1-2H3. The summed E-state index contributed by atoms with van der Waals surface area (Å²) >= 11 is 0. The summed E-state index contributed by atoms with van der Waals surface area (Å²) in [6.07, 6.45) is 1.69. The Bertz CT molecular complexity index is 399. The molecule has 1 aromatic rings. The first kappa shape index (κ1) is 11.9. The van der Waals surface area contributed by atoms with Crippen molar-refractivity contribution >= 4 is 11.6 Å². The fourth-order valence-electron chi connectivity index (χ4n) is 1.84. The van der Waals surface area contributed by atoms with Crippen molar-refractivity contribution in [3.8, 4) is 0 Å². The number of hydrogen-bond acceptors (Lipinski definition) is 4. The Labute approximate surface area is 101 Å². The van der Waals surface area contributed by atoms with Gasteiger partial charge in [0.25, 0.3) is 5.91 Å². The molecule has 0 aromatic carbocycles. The number of amides is 1. The highest BCUT2D eigenvalue weighted by molar-refractivity contribution is 5.93. The van der Waals surface area contributed by atoms with E-state index in [1.54, 1.807) is 6.20 Å². The zero-order valence-corrected chi connectivity index (χ0v) is 10.3. The third-order valence-electron chi connectivity index (χ3n) is 2.88. The monoisotopic (exact) mass is 234 g/mol. The van der Waals surface area contributed by atoms with E-state index in [9.17, 15) is 4.79 Å². The maximum atomic E-state index is 12.2. The van der Waals surface area contributed by atoms with Gasteiger partial charge in [-0.05, 0) is 12.1 Å². The lowest BCUT2D eigenvalue weighted by molar-refractivity contribution is 0.0730. The molecule has 1 amide bonds. The molecule has 0 radical (unpaired) electrons. The summed E-state index contributed by atoms with van der Waals surface area (Å²) in [5.41, 5.74) is 1.52. The van der Waals surface area contributed by atoms with E-state index in [0.717, 1.165) is 31.9 Å². The van der Waals surface area contributed by atoms with Crippen LogP contribution in [-0.4, -0.2) is 56.1 Å². The minimum Gasteiger partial charge on any atom is -0.378 e. The maximum Gasteiger partial charge on any atom is 0.272 e. The van der Waals surface area contributed by atoms with Crippen molar-refractivity contribution in [2.24, 2.45) is 0 Å². The molecule has 1 saturated heterocycles. The summed E-state index contributed by atoms with van der Waals surface area (Å²) in [5.74, 6) is 0.0233. The van der Waals surface area contributed by atoms with Crippen molar-refractivity contribution in [3.05, 3.63) is 24.0 Å². The number of nitrogens with one attached hydrogen (secondary N) is 1. The number of aromatic nitrogens is 1. The molecule has 1 aliphatic rings. The molecule has 92 valence electrons. The SMILES string of the molecule is CN(C)c1ccnc(C(=O)N2CCNCC2)c1. The molecule has 0 spiro atoms. The van der Waals surface area contributed by atoms with Crippen LogP contribution in [0.15, 0.2) is 18.3 Å². The van der Waals surface area contributed by atoms with Crippen LogP contribution < -0.4 is 10.2 Å². The molecular weight excluding hydrogens is 216 g/mol. The van der Waals surface area contributed by atoms with Crippen LogP contribution in [0.4, 0.5) is 5.69 Å². The Morgan fingerprint density at radius 1 is 1.41 bits per heavy atom. The Balaban J connectivity index is 2.15. The zero-order chi connectivity index (χ0) is 12.3. The van der Waals surface area contributed by atoms with Crippen molar-refractivity contribution in [3.63, 3.8) is 0 Å². The van der Waals surface area contributed by atoms with Crippen molar-refractivity contribution in [1.82, 2.24) is 15.2 Å². The van der Waals surface area contributed by atoms with Crippen LogP contribution >= 0.6 is 0 Å². The van der Waals surface area contributed by atoms with Gasteiger partial charge in [0.1, 0.15) is 5.69 Å². The molecule has 0 saturated carbocycles. The summed E-state index contributed by atoms with van der Waals surface area (Å²) in [7, 11) is 3.91. The van der Waals surface area contributed by atoms with E-state index in [-0.39, 0.29) is 5.91 Å². The third-order valence-corrected chi connectivity index (χ3v) is 2.88. The number of carbonyl (C=O) groups excluding carboxylic acids is 1. The summed E-state index contributed by atoms with van der Waals surface area (Å²) in [6, 6.07) is 3.74. The minimum absolute atomic E-state index is 0.0233. The van der Waals surface area contributed by atoms with Crippen molar-refractivity contribution in [2.45, 2.75) is 0 Å². The van der Waals surface area contributed by atoms with Gasteiger partial charge in [-0.1, -0.05) is 0 Å². The fourth-order valence-corrected chi connectivity index (χ4v) is 1.84. The quantitative estimate of drug-likeness (QED) is 0.794. The molecule has 0 atom stereocenters. The summed E-state index contributed by atoms with van der Waals surface area (Å²) in [6.45, 7) is 3.23. The molecule has 1 aliphatic heterocycles. The van der Waals surface area contributed by atoms with E-state index in [1.165, 1.54) is 0 Å². The van der Waals surface area contributed by atoms with Crippen LogP contribution in [0.3, 0.4) is 0 Å². The zero-order valence-electron chi connectivity index (χ0n) is 10.3. The average molecular weight is 234 g/mol. The van der Waals surface area contributed by atoms with E-state index < -0.39 is 0 Å². The summed E-state index contributed by atoms with van der Waals surface area (Å²) in [5, 5.41) is 3.23. The summed E-state index contributed by atoms with van der Waals surface area (Å²) in [4.78, 5) is 20.2. The lowest BCUT2D eigenvalue weighted by atomic mass is 10.2. The molecule has 0 bridgehead atoms. The van der Waals surface area contributed by atoms with Crippen LogP contribution in [0, 0.1) is 0 Å². The molecule has 2 heterocycles. The number of rotatable bonds is 2. The molecule has 0 unspecified atom stereocenters. The van der Waals surface area contributed by atoms with Gasteiger partial charge in [-0.3, -0.25) is 9.78 Å². The van der Waals surface area contributed by atoms with Gasteiger partial charge in [-0.25, -0.2) is 0 Å². The van der Waals surface area contributed by atoms with Crippen LogP contribution in [0.25, 0.3) is 0 Å². The second-order valence-corrected chi connectivity index (χ2v) is 4.34. The highest BCUT2D eigenvalue weighted by atomic mass is 16.2. The first-order chi connectivity index (χ1) is 8.18. The van der Waals surface area contributed by atoms with Gasteiger partial charge in [0, 0.05) is 52.2 Å². The molecule has 5 heteroatoms. The molecule has 1 N–H and O–H groups in total. The van der Waals surface area contributed by atoms with Gasteiger partial charge in [0.2, 0.25) is 0 Å². The molecule has 0 aliphatic carbocycles. The highest BCUT2D eigenvalue weighted by Gasteiger charge is 2.19. The minimum atomic E-state index is 0.0233. The molecule has 5 nitrogen and oxygen atoms in total. The van der Waals surface area contributed by atoms with Crippen LogP contribution in [0.5, 0.6) is 0 Å². The van der Waals surface area contributed by atoms with Gasteiger partial charge in [-0.15, -0.1) is 0 Å². The first-order valence-electron chi connectivity index (χ1n) is 5.82. The van der Waals surface area contributed by atoms with E-state index in [2.05, 4.69) is 10.3 Å². The largest absolute Gasteiger partial charge is 0.378 e. The second-order valence-electron chi connectivity index (χ2n) is 4.34. The highest BCUT2D eigenvalue weighted by Crippen LogP contribution is 2.12. The number of piperazine rings is 1. The molecular formula is C12H18N4O. The van der Waals surface area contributed by atoms with Crippen molar-refractivity contribution in [2.75, 3.05) is 45.2 Å². The Morgan fingerprint density at radius 2 is 2.12 bits per heavy atom. The first-order valence-corrected chi connectivity index (χ1v) is 5.82. The smallest absolute Gasteiger partial charge is 0.272 e. The van der Waals surface area contributed by atoms with E-state index in [4.69, 9.17) is 0 Å². The van der Waals surface area contributed by atoms with E-state index in [1.807, 2.05) is 36.0 Å². The molecule has 1 fully saturated rings. The van der Waals surface area contributed by atoms with E-state index in [0.29, 0.717) is 5.69 Å². The predicted molar refractivity (Wildman–Crippen MR) is 67.3 cm³/mol. The van der Waals surface area contributed by atoms with Gasteiger partial charge in [0.05, 0.1) is 0 Å². The Morgan fingerprint density at radius 3 is 2.76 bits per heavy atom. The van der Waals surface area contributed by atoms with Gasteiger partial charge >= 0.3 is 0 Å². The van der Waals surface area contributed by atoms with Crippen LogP contribution in [0.1, 0.15) is 10.5 Å². The van der Waals surface area contributed by atoms with Gasteiger partial charge in [-0.2, -0.15) is 0 Å². The van der Waals surface area contributed by atoms with E-state index >= 15 is 0 Å². The van der Waals surface area contributed by atoms with Crippen LogP contribution in [0.2, 0.25) is 0 Å². The Kier molecular flexibility index (Phi) is 3.58. The predicted octanol–water partition coefficient (Wildman–Crippen LogP) is 0.193. The summed E-state index contributed by atoms with van der Waals surface area (Å²) < 4.78 is 0. The average Bonchev–Trinajstić information content (AvgIpc) is 2.39. The van der Waals surface area contributed by atoms with Crippen LogP contribution in [-0.2, 0) is 0 Å². The number of hydrogen-bond donors (Lipinski definition) is 1. The van der Waals surface area contributed by atoms with Crippen molar-refractivity contribution in [1.29, 1.82) is 0 Å². The number of anilines is 1.